The SMILES string of the molecule is CCC1CCCN(CC(C)C(=O)c2ccccc2F)C1. The van der Waals surface area contributed by atoms with Gasteiger partial charge in [-0.2, -0.15) is 0 Å². The molecule has 3 heteroatoms. The molecular weight excluding hydrogens is 253 g/mol. The van der Waals surface area contributed by atoms with Gasteiger partial charge in [0.05, 0.1) is 5.56 Å². The number of nitrogens with zero attached hydrogens (tertiary/aromatic N) is 1. The van der Waals surface area contributed by atoms with Gasteiger partial charge in [0.15, 0.2) is 5.78 Å². The van der Waals surface area contributed by atoms with E-state index in [9.17, 15) is 9.18 Å². The average Bonchev–Trinajstić information content (AvgIpc) is 2.47. The average molecular weight is 277 g/mol. The van der Waals surface area contributed by atoms with Gasteiger partial charge < -0.3 is 4.90 Å². The zero-order valence-corrected chi connectivity index (χ0v) is 12.4. The van der Waals surface area contributed by atoms with Crippen molar-refractivity contribution in [2.45, 2.75) is 33.1 Å². The number of carbonyl (C=O) groups excluding carboxylic acids is 1. The normalized spacial score (nSPS) is 21.6. The molecule has 2 rings (SSSR count). The van der Waals surface area contributed by atoms with Gasteiger partial charge in [-0.1, -0.05) is 32.4 Å². The van der Waals surface area contributed by atoms with Crippen molar-refractivity contribution in [3.63, 3.8) is 0 Å². The molecule has 1 aliphatic heterocycles. The standard InChI is InChI=1S/C17H24FNO/c1-3-14-7-6-10-19(12-14)11-13(2)17(20)15-8-4-5-9-16(15)18/h4-5,8-9,13-14H,3,6-7,10-12H2,1-2H3. The summed E-state index contributed by atoms with van der Waals surface area (Å²) in [5.74, 6) is 0.109. The molecule has 1 heterocycles. The minimum Gasteiger partial charge on any atom is -0.302 e. The molecule has 1 aromatic carbocycles. The Bertz CT molecular complexity index is 460. The predicted octanol–water partition coefficient (Wildman–Crippen LogP) is 3.77. The van der Waals surface area contributed by atoms with Crippen molar-refractivity contribution in [2.75, 3.05) is 19.6 Å². The van der Waals surface area contributed by atoms with E-state index in [1.54, 1.807) is 18.2 Å². The number of halogens is 1. The van der Waals surface area contributed by atoms with Crippen LogP contribution in [0, 0.1) is 17.7 Å². The van der Waals surface area contributed by atoms with Crippen LogP contribution in [0.1, 0.15) is 43.5 Å². The number of Topliss-reactive ketones (excluding diaryl/α,β-unsaturated/α-hetero) is 1. The summed E-state index contributed by atoms with van der Waals surface area (Å²) >= 11 is 0. The quantitative estimate of drug-likeness (QED) is 0.764. The largest absolute Gasteiger partial charge is 0.302 e. The number of benzene rings is 1. The van der Waals surface area contributed by atoms with E-state index < -0.39 is 5.82 Å². The molecule has 0 aliphatic carbocycles. The van der Waals surface area contributed by atoms with Gasteiger partial charge in [-0.05, 0) is 37.4 Å². The van der Waals surface area contributed by atoms with E-state index in [1.807, 2.05) is 6.92 Å². The molecule has 2 atom stereocenters. The van der Waals surface area contributed by atoms with E-state index in [0.29, 0.717) is 0 Å². The lowest BCUT2D eigenvalue weighted by Crippen LogP contribution is -2.39. The van der Waals surface area contributed by atoms with Crippen molar-refractivity contribution in [3.05, 3.63) is 35.6 Å². The van der Waals surface area contributed by atoms with Gasteiger partial charge in [0.2, 0.25) is 0 Å². The van der Waals surface area contributed by atoms with Crippen LogP contribution in [-0.2, 0) is 0 Å². The summed E-state index contributed by atoms with van der Waals surface area (Å²) in [5.41, 5.74) is 0.226. The summed E-state index contributed by atoms with van der Waals surface area (Å²) in [4.78, 5) is 14.7. The first-order valence-corrected chi connectivity index (χ1v) is 7.63. The third-order valence-electron chi connectivity index (χ3n) is 4.30. The Hall–Kier alpha value is -1.22. The zero-order valence-electron chi connectivity index (χ0n) is 12.4. The van der Waals surface area contributed by atoms with Gasteiger partial charge in [-0.25, -0.2) is 4.39 Å². The molecule has 20 heavy (non-hydrogen) atoms. The third kappa shape index (κ3) is 3.66. The van der Waals surface area contributed by atoms with Crippen molar-refractivity contribution in [3.8, 4) is 0 Å². The van der Waals surface area contributed by atoms with Crippen LogP contribution in [-0.4, -0.2) is 30.3 Å². The van der Waals surface area contributed by atoms with Gasteiger partial charge in [0, 0.05) is 19.0 Å². The lowest BCUT2D eigenvalue weighted by atomic mass is 9.93. The maximum Gasteiger partial charge on any atom is 0.169 e. The number of ketones is 1. The monoisotopic (exact) mass is 277 g/mol. The summed E-state index contributed by atoms with van der Waals surface area (Å²) in [6.07, 6.45) is 3.70. The highest BCUT2D eigenvalue weighted by molar-refractivity contribution is 5.98. The molecule has 110 valence electrons. The lowest BCUT2D eigenvalue weighted by Gasteiger charge is -2.33. The van der Waals surface area contributed by atoms with Crippen molar-refractivity contribution in [1.29, 1.82) is 0 Å². The zero-order chi connectivity index (χ0) is 14.5. The molecule has 2 nitrogen and oxygen atoms in total. The molecule has 0 amide bonds. The van der Waals surface area contributed by atoms with E-state index in [2.05, 4.69) is 11.8 Å². The van der Waals surface area contributed by atoms with E-state index in [4.69, 9.17) is 0 Å². The Morgan fingerprint density at radius 2 is 2.20 bits per heavy atom. The number of piperidine rings is 1. The van der Waals surface area contributed by atoms with Crippen molar-refractivity contribution < 1.29 is 9.18 Å². The maximum atomic E-state index is 13.7. The Labute approximate surface area is 121 Å². The van der Waals surface area contributed by atoms with Crippen molar-refractivity contribution in [1.82, 2.24) is 4.90 Å². The predicted molar refractivity (Wildman–Crippen MR) is 79.3 cm³/mol. The number of rotatable bonds is 5. The summed E-state index contributed by atoms with van der Waals surface area (Å²) in [5, 5.41) is 0. The highest BCUT2D eigenvalue weighted by Crippen LogP contribution is 2.21. The number of likely N-dealkylation sites (tertiary alicyclic amines) is 1. The van der Waals surface area contributed by atoms with Crippen LogP contribution in [0.25, 0.3) is 0 Å². The minimum atomic E-state index is -0.408. The molecule has 0 N–H and O–H groups in total. The summed E-state index contributed by atoms with van der Waals surface area (Å²) < 4.78 is 13.7. The van der Waals surface area contributed by atoms with E-state index >= 15 is 0 Å². The molecule has 0 spiro atoms. The maximum absolute atomic E-state index is 13.7. The van der Waals surface area contributed by atoms with E-state index in [1.165, 1.54) is 25.3 Å². The minimum absolute atomic E-state index is 0.0817. The second kappa shape index (κ2) is 6.98. The van der Waals surface area contributed by atoms with Gasteiger partial charge in [-0.3, -0.25) is 4.79 Å². The van der Waals surface area contributed by atoms with Gasteiger partial charge in [0.25, 0.3) is 0 Å². The fourth-order valence-electron chi connectivity index (χ4n) is 3.05. The first-order valence-electron chi connectivity index (χ1n) is 7.63. The van der Waals surface area contributed by atoms with Crippen LogP contribution >= 0.6 is 0 Å². The fraction of sp³-hybridized carbons (Fsp3) is 0.588. The second-order valence-corrected chi connectivity index (χ2v) is 5.92. The first kappa shape index (κ1) is 15.2. The third-order valence-corrected chi connectivity index (χ3v) is 4.30. The van der Waals surface area contributed by atoms with E-state index in [-0.39, 0.29) is 17.3 Å². The number of hydrogen-bond acceptors (Lipinski definition) is 2. The molecule has 1 fully saturated rings. The van der Waals surface area contributed by atoms with Crippen molar-refractivity contribution >= 4 is 5.78 Å². The van der Waals surface area contributed by atoms with Crippen LogP contribution in [0.4, 0.5) is 4.39 Å². The molecule has 1 saturated heterocycles. The van der Waals surface area contributed by atoms with Crippen LogP contribution < -0.4 is 0 Å². The smallest absolute Gasteiger partial charge is 0.169 e. The summed E-state index contributed by atoms with van der Waals surface area (Å²) in [6.45, 7) is 7.01. The van der Waals surface area contributed by atoms with Crippen LogP contribution in [0.2, 0.25) is 0 Å². The number of hydrogen-bond donors (Lipinski definition) is 0. The second-order valence-electron chi connectivity index (χ2n) is 5.92. The highest BCUT2D eigenvalue weighted by atomic mass is 19.1. The van der Waals surface area contributed by atoms with Gasteiger partial charge in [0.1, 0.15) is 5.82 Å². The van der Waals surface area contributed by atoms with Crippen LogP contribution in [0.5, 0.6) is 0 Å². The summed E-state index contributed by atoms with van der Waals surface area (Å²) in [7, 11) is 0. The topological polar surface area (TPSA) is 20.3 Å². The molecule has 0 aromatic heterocycles. The highest BCUT2D eigenvalue weighted by Gasteiger charge is 2.24. The van der Waals surface area contributed by atoms with Crippen molar-refractivity contribution in [2.24, 2.45) is 11.8 Å². The Balaban J connectivity index is 1.96. The van der Waals surface area contributed by atoms with E-state index in [0.717, 1.165) is 25.6 Å². The molecule has 0 saturated carbocycles. The Kier molecular flexibility index (Phi) is 5.30. The Morgan fingerprint density at radius 1 is 1.45 bits per heavy atom. The van der Waals surface area contributed by atoms with Gasteiger partial charge in [-0.15, -0.1) is 0 Å². The molecule has 1 aromatic rings. The lowest BCUT2D eigenvalue weighted by molar-refractivity contribution is 0.0856. The first-order chi connectivity index (χ1) is 9.61. The molecule has 0 radical (unpaired) electrons. The van der Waals surface area contributed by atoms with Crippen LogP contribution in [0.3, 0.4) is 0 Å². The number of carbonyl (C=O) groups is 1. The molecule has 1 aliphatic rings. The Morgan fingerprint density at radius 3 is 2.90 bits per heavy atom. The molecule has 2 unspecified atom stereocenters. The molecule has 0 bridgehead atoms. The summed E-state index contributed by atoms with van der Waals surface area (Å²) in [6, 6.07) is 6.28. The molecular formula is C17H24FNO. The van der Waals surface area contributed by atoms with Gasteiger partial charge >= 0.3 is 0 Å². The fourth-order valence-corrected chi connectivity index (χ4v) is 3.05. The van der Waals surface area contributed by atoms with Crippen LogP contribution in [0.15, 0.2) is 24.3 Å².